The number of carbonyl (C=O) groups excluding carboxylic acids is 4. The third-order valence-electron chi connectivity index (χ3n) is 5.61. The Morgan fingerprint density at radius 1 is 0.453 bits per heavy atom. The van der Waals surface area contributed by atoms with Crippen LogP contribution in [0.5, 0.6) is 0 Å². The van der Waals surface area contributed by atoms with Gasteiger partial charge in [-0.25, -0.2) is 45.5 Å². The third-order valence-corrected chi connectivity index (χ3v) is 5.61. The van der Waals surface area contributed by atoms with Crippen LogP contribution in [-0.2, 0) is 57.1 Å². The largest absolute Gasteiger partial charge is 0.462 e. The third kappa shape index (κ3) is 21.8. The SMILES string of the molecule is C=CC(=O)OCCC(F)(F)OCC(COCC(F)(F)COC(=O)C=C)(COCC(F)(F)COC(=O)C=C)C(F)(F)OCC(F)(F)COC(=O)C=C.FF. The van der Waals surface area contributed by atoms with E-state index in [1.807, 2.05) is 0 Å². The number of hydrogen-bond acceptors (Lipinski definition) is 12. The van der Waals surface area contributed by atoms with Crippen LogP contribution in [0.1, 0.15) is 6.42 Å². The van der Waals surface area contributed by atoms with E-state index in [1.54, 1.807) is 0 Å². The van der Waals surface area contributed by atoms with Crippen LogP contribution >= 0.6 is 0 Å². The van der Waals surface area contributed by atoms with Gasteiger partial charge in [-0.1, -0.05) is 26.3 Å². The van der Waals surface area contributed by atoms with Gasteiger partial charge in [0.1, 0.15) is 25.2 Å². The van der Waals surface area contributed by atoms with E-state index in [0.717, 1.165) is 0 Å². The molecule has 0 heterocycles. The van der Waals surface area contributed by atoms with Gasteiger partial charge in [-0.2, -0.15) is 17.6 Å². The molecule has 0 saturated heterocycles. The molecule has 0 rings (SSSR count). The Bertz CT molecular complexity index is 1170. The molecule has 0 aromatic heterocycles. The topological polar surface area (TPSA) is 142 Å². The van der Waals surface area contributed by atoms with Crippen molar-refractivity contribution < 1.29 is 110 Å². The van der Waals surface area contributed by atoms with Crippen LogP contribution < -0.4 is 0 Å². The minimum atomic E-state index is -5.29. The fourth-order valence-corrected chi connectivity index (χ4v) is 2.99. The first-order valence-electron chi connectivity index (χ1n) is 14.0. The maximum atomic E-state index is 15.8. The van der Waals surface area contributed by atoms with Crippen molar-refractivity contribution >= 4 is 23.9 Å². The summed E-state index contributed by atoms with van der Waals surface area (Å²) in [5, 5.41) is 0. The van der Waals surface area contributed by atoms with E-state index >= 15 is 8.78 Å². The van der Waals surface area contributed by atoms with E-state index in [1.165, 1.54) is 0 Å². The van der Waals surface area contributed by atoms with E-state index in [0.29, 0.717) is 24.3 Å². The molecule has 0 amide bonds. The first kappa shape index (κ1) is 50.9. The standard InChI is InChI=1S/C29H34F10O12.F2/c1-5-20(40)46-10-9-28(36,37)50-13-24(11-44-14-25(30,31)16-47-21(41)6-2,12-45-15-26(32,33)17-48-22(42)7-3)29(38,39)51-19-27(34,35)18-49-23(43)8-4;1-2/h5-8H,1-4,9-19H2;. The average molecular weight is 803 g/mol. The zero-order chi connectivity index (χ0) is 41.6. The Labute approximate surface area is 293 Å². The second-order valence-electron chi connectivity index (χ2n) is 10.1. The molecule has 0 aliphatic carbocycles. The van der Waals surface area contributed by atoms with Crippen LogP contribution in [0.2, 0.25) is 0 Å². The van der Waals surface area contributed by atoms with Crippen LogP contribution in [0.4, 0.5) is 53.1 Å². The van der Waals surface area contributed by atoms with E-state index < -0.39 is 132 Å². The Balaban J connectivity index is 0. The molecule has 0 atom stereocenters. The quantitative estimate of drug-likeness (QED) is 0.0440. The summed E-state index contributed by atoms with van der Waals surface area (Å²) in [5.74, 6) is -18.2. The van der Waals surface area contributed by atoms with Crippen molar-refractivity contribution in [2.45, 2.75) is 36.4 Å². The Morgan fingerprint density at radius 2 is 0.792 bits per heavy atom. The fourth-order valence-electron chi connectivity index (χ4n) is 2.99. The molecule has 0 spiro atoms. The summed E-state index contributed by atoms with van der Waals surface area (Å²) < 4.78 is 196. The van der Waals surface area contributed by atoms with Gasteiger partial charge in [0.05, 0.1) is 32.8 Å². The summed E-state index contributed by atoms with van der Waals surface area (Å²) in [6.45, 7) is -6.97. The molecule has 0 bridgehead atoms. The molecule has 0 unspecified atom stereocenters. The van der Waals surface area contributed by atoms with Crippen LogP contribution in [0.3, 0.4) is 0 Å². The minimum absolute atomic E-state index is 0.434. The van der Waals surface area contributed by atoms with Crippen molar-refractivity contribution in [3.05, 3.63) is 50.6 Å². The molecule has 0 N–H and O–H groups in total. The van der Waals surface area contributed by atoms with Crippen LogP contribution in [0.15, 0.2) is 50.6 Å². The van der Waals surface area contributed by atoms with Crippen molar-refractivity contribution in [3.8, 4) is 0 Å². The summed E-state index contributed by atoms with van der Waals surface area (Å²) in [5.41, 5.74) is -3.79. The highest BCUT2D eigenvalue weighted by Crippen LogP contribution is 2.42. The van der Waals surface area contributed by atoms with Crippen LogP contribution in [-0.4, -0.2) is 120 Å². The molecule has 0 aliphatic rings. The van der Waals surface area contributed by atoms with Gasteiger partial charge in [-0.15, -0.1) is 0 Å². The zero-order valence-corrected chi connectivity index (χ0v) is 27.4. The molecular formula is C29H34F12O12. The molecule has 306 valence electrons. The van der Waals surface area contributed by atoms with E-state index in [9.17, 15) is 54.3 Å². The maximum absolute atomic E-state index is 15.8. The summed E-state index contributed by atoms with van der Waals surface area (Å²) in [7, 11) is 0. The van der Waals surface area contributed by atoms with Crippen molar-refractivity contribution in [1.29, 1.82) is 0 Å². The molecule has 0 fully saturated rings. The lowest BCUT2D eigenvalue weighted by atomic mass is 9.89. The van der Waals surface area contributed by atoms with Crippen molar-refractivity contribution in [3.63, 3.8) is 0 Å². The Hall–Kier alpha value is -4.16. The lowest BCUT2D eigenvalue weighted by molar-refractivity contribution is -0.368. The Morgan fingerprint density at radius 3 is 1.15 bits per heavy atom. The number of rotatable bonds is 28. The van der Waals surface area contributed by atoms with Gasteiger partial charge in [-0.3, -0.25) is 0 Å². The maximum Gasteiger partial charge on any atom is 0.368 e. The summed E-state index contributed by atoms with van der Waals surface area (Å²) in [6.07, 6.45) is -9.40. The number of ether oxygens (including phenoxy) is 8. The highest BCUT2D eigenvalue weighted by Gasteiger charge is 2.59. The van der Waals surface area contributed by atoms with Gasteiger partial charge in [-0.05, 0) is 0 Å². The van der Waals surface area contributed by atoms with Crippen molar-refractivity contribution in [2.75, 3.05) is 66.1 Å². The normalized spacial score (nSPS) is 12.4. The first-order chi connectivity index (χ1) is 24.4. The molecule has 24 heteroatoms. The highest BCUT2D eigenvalue weighted by molar-refractivity contribution is 5.82. The molecule has 53 heavy (non-hydrogen) atoms. The highest BCUT2D eigenvalue weighted by atomic mass is 20.0. The average Bonchev–Trinajstić information content (AvgIpc) is 3.10. The van der Waals surface area contributed by atoms with Gasteiger partial charge >= 0.3 is 53.9 Å². The number of halogens is 12. The number of alkyl halides is 10. The van der Waals surface area contributed by atoms with E-state index in [-0.39, 0.29) is 0 Å². The van der Waals surface area contributed by atoms with Gasteiger partial charge < -0.3 is 37.9 Å². The second kappa shape index (κ2) is 23.5. The predicted molar refractivity (Wildman–Crippen MR) is 152 cm³/mol. The molecule has 0 aromatic carbocycles. The number of carbonyl (C=O) groups is 4. The van der Waals surface area contributed by atoms with Gasteiger partial charge in [0.15, 0.2) is 19.8 Å². The second-order valence-corrected chi connectivity index (χ2v) is 10.1. The van der Waals surface area contributed by atoms with E-state index in [4.69, 9.17) is 9.15 Å². The van der Waals surface area contributed by atoms with E-state index in [2.05, 4.69) is 64.2 Å². The monoisotopic (exact) mass is 802 g/mol. The fraction of sp³-hybridized carbons (Fsp3) is 0.586. The number of esters is 4. The van der Waals surface area contributed by atoms with Crippen molar-refractivity contribution in [1.82, 2.24) is 0 Å². The smallest absolute Gasteiger partial charge is 0.368 e. The van der Waals surface area contributed by atoms with Gasteiger partial charge in [0, 0.05) is 33.5 Å². The zero-order valence-electron chi connectivity index (χ0n) is 27.4. The lowest BCUT2D eigenvalue weighted by Gasteiger charge is -2.40. The van der Waals surface area contributed by atoms with Crippen LogP contribution in [0, 0.1) is 5.41 Å². The summed E-state index contributed by atoms with van der Waals surface area (Å²) >= 11 is 0. The molecule has 0 aromatic rings. The predicted octanol–water partition coefficient (Wildman–Crippen LogP) is 5.28. The van der Waals surface area contributed by atoms with Gasteiger partial charge in [0.25, 0.3) is 0 Å². The first-order valence-corrected chi connectivity index (χ1v) is 14.0. The summed E-state index contributed by atoms with van der Waals surface area (Å²) in [4.78, 5) is 44.5. The molecule has 0 saturated carbocycles. The molecular weight excluding hydrogens is 768 g/mol. The number of hydrogen-bond donors (Lipinski definition) is 0. The molecule has 0 aliphatic heterocycles. The minimum Gasteiger partial charge on any atom is -0.462 e. The van der Waals surface area contributed by atoms with Crippen molar-refractivity contribution in [2.24, 2.45) is 5.41 Å². The Kier molecular flexibility index (Phi) is 22.6. The van der Waals surface area contributed by atoms with Gasteiger partial charge in [0.2, 0.25) is 0 Å². The van der Waals surface area contributed by atoms with Crippen LogP contribution in [0.25, 0.3) is 0 Å². The molecule has 12 nitrogen and oxygen atoms in total. The summed E-state index contributed by atoms with van der Waals surface area (Å²) in [6, 6.07) is 0. The lowest BCUT2D eigenvalue weighted by Crippen LogP contribution is -2.56. The molecule has 0 radical (unpaired) electrons.